The average Bonchev–Trinajstić information content (AvgIpc) is 2.79. The van der Waals surface area contributed by atoms with Gasteiger partial charge < -0.3 is 4.90 Å². The largest absolute Gasteiger partial charge is 0.375 e. The van der Waals surface area contributed by atoms with Gasteiger partial charge in [-0.1, -0.05) is 13.3 Å². The van der Waals surface area contributed by atoms with Crippen LogP contribution in [0.3, 0.4) is 0 Å². The second-order valence-electron chi connectivity index (χ2n) is 5.44. The molecule has 0 aromatic heterocycles. The maximum absolute atomic E-state index is 9.29. The van der Waals surface area contributed by atoms with E-state index >= 15 is 0 Å². The van der Waals surface area contributed by atoms with Crippen molar-refractivity contribution in [2.24, 2.45) is 0 Å². The third-order valence-corrected chi connectivity index (χ3v) is 4.23. The van der Waals surface area contributed by atoms with Gasteiger partial charge in [-0.3, -0.25) is 0 Å². The number of nitrogens with zero attached hydrogens (tertiary/aromatic N) is 2. The van der Waals surface area contributed by atoms with E-state index in [4.69, 9.17) is 0 Å². The zero-order valence-corrected chi connectivity index (χ0v) is 11.8. The van der Waals surface area contributed by atoms with Crippen molar-refractivity contribution in [1.29, 1.82) is 5.26 Å². The van der Waals surface area contributed by atoms with Crippen LogP contribution in [-0.2, 0) is 0 Å². The highest BCUT2D eigenvalue weighted by Crippen LogP contribution is 2.37. The predicted molar refractivity (Wildman–Crippen MR) is 74.9 cm³/mol. The highest BCUT2D eigenvalue weighted by Gasteiger charge is 2.24. The third kappa shape index (κ3) is 2.61. The van der Waals surface area contributed by atoms with Crippen LogP contribution in [-0.4, -0.2) is 18.0 Å². The number of likely N-dealkylation sites (tertiary alicyclic amines) is 1. The molecule has 0 bridgehead atoms. The summed E-state index contributed by atoms with van der Waals surface area (Å²) in [5, 5.41) is 9.29. The molecule has 0 amide bonds. The van der Waals surface area contributed by atoms with E-state index in [0.717, 1.165) is 31.3 Å². The zero-order chi connectivity index (χ0) is 13.0. The van der Waals surface area contributed by atoms with E-state index in [9.17, 15) is 5.26 Å². The lowest BCUT2D eigenvalue weighted by atomic mass is 10.00. The summed E-state index contributed by atoms with van der Waals surface area (Å²) in [6.07, 6.45) is 8.28. The summed E-state index contributed by atoms with van der Waals surface area (Å²) in [4.78, 5) is 2.56. The molecule has 2 heteroatoms. The Labute approximate surface area is 111 Å². The van der Waals surface area contributed by atoms with Crippen LogP contribution >= 0.6 is 0 Å². The van der Waals surface area contributed by atoms with Crippen molar-refractivity contribution in [3.8, 4) is 6.07 Å². The van der Waals surface area contributed by atoms with Crippen LogP contribution in [0.4, 0.5) is 0 Å². The zero-order valence-electron chi connectivity index (χ0n) is 11.8. The van der Waals surface area contributed by atoms with Crippen molar-refractivity contribution in [2.45, 2.75) is 58.8 Å². The minimum absolute atomic E-state index is 0.941. The van der Waals surface area contributed by atoms with Gasteiger partial charge in [-0.15, -0.1) is 0 Å². The smallest absolute Gasteiger partial charge is 0.0950 e. The molecule has 0 unspecified atom stereocenters. The molecular weight excluding hydrogens is 220 g/mol. The van der Waals surface area contributed by atoms with Crippen molar-refractivity contribution in [2.75, 3.05) is 13.1 Å². The second-order valence-corrected chi connectivity index (χ2v) is 5.44. The molecule has 2 aliphatic rings. The van der Waals surface area contributed by atoms with Crippen molar-refractivity contribution >= 4 is 0 Å². The molecular formula is C16H24N2. The number of allylic oxidation sites excluding steroid dienone is 4. The molecule has 0 N–H and O–H groups in total. The van der Waals surface area contributed by atoms with E-state index in [1.165, 1.54) is 49.2 Å². The van der Waals surface area contributed by atoms with Crippen molar-refractivity contribution in [3.63, 3.8) is 0 Å². The van der Waals surface area contributed by atoms with Gasteiger partial charge in [-0.25, -0.2) is 0 Å². The standard InChI is InChI=1S/C16H24N2/c1-3-7-14(12-17)15-8-9-16(13(15)2)18-10-5-4-6-11-18/h3-11H2,1-2H3/b15-14-. The topological polar surface area (TPSA) is 27.0 Å². The number of nitriles is 1. The molecule has 0 aromatic carbocycles. The van der Waals surface area contributed by atoms with Crippen LogP contribution < -0.4 is 0 Å². The van der Waals surface area contributed by atoms with Crippen LogP contribution in [0.25, 0.3) is 0 Å². The molecule has 1 heterocycles. The van der Waals surface area contributed by atoms with Gasteiger partial charge in [0.2, 0.25) is 0 Å². The minimum atomic E-state index is 0.941. The van der Waals surface area contributed by atoms with E-state index in [1.807, 2.05) is 0 Å². The molecule has 1 saturated heterocycles. The van der Waals surface area contributed by atoms with Gasteiger partial charge in [0.05, 0.1) is 6.07 Å². The lowest BCUT2D eigenvalue weighted by Crippen LogP contribution is -2.28. The Morgan fingerprint density at radius 3 is 2.56 bits per heavy atom. The van der Waals surface area contributed by atoms with E-state index in [-0.39, 0.29) is 0 Å². The summed E-state index contributed by atoms with van der Waals surface area (Å²) in [5.74, 6) is 0. The lowest BCUT2D eigenvalue weighted by Gasteiger charge is -2.30. The second kappa shape index (κ2) is 6.09. The summed E-state index contributed by atoms with van der Waals surface area (Å²) < 4.78 is 0. The van der Waals surface area contributed by atoms with E-state index in [0.29, 0.717) is 0 Å². The number of piperidine rings is 1. The van der Waals surface area contributed by atoms with Gasteiger partial charge in [0.1, 0.15) is 0 Å². The summed E-state index contributed by atoms with van der Waals surface area (Å²) in [6.45, 7) is 6.81. The quantitative estimate of drug-likeness (QED) is 0.697. The molecule has 0 atom stereocenters. The van der Waals surface area contributed by atoms with E-state index in [2.05, 4.69) is 24.8 Å². The fraction of sp³-hybridized carbons (Fsp3) is 0.688. The van der Waals surface area contributed by atoms with Crippen LogP contribution in [0.1, 0.15) is 58.8 Å². The van der Waals surface area contributed by atoms with Crippen molar-refractivity contribution in [3.05, 3.63) is 22.4 Å². The normalized spacial score (nSPS) is 23.3. The fourth-order valence-electron chi connectivity index (χ4n) is 3.25. The maximum Gasteiger partial charge on any atom is 0.0950 e. The highest BCUT2D eigenvalue weighted by molar-refractivity contribution is 5.46. The molecule has 18 heavy (non-hydrogen) atoms. The van der Waals surface area contributed by atoms with Crippen molar-refractivity contribution < 1.29 is 0 Å². The van der Waals surface area contributed by atoms with Gasteiger partial charge in [-0.2, -0.15) is 5.26 Å². The molecule has 0 spiro atoms. The first-order valence-corrected chi connectivity index (χ1v) is 7.35. The van der Waals surface area contributed by atoms with Crippen LogP contribution in [0, 0.1) is 11.3 Å². The Balaban J connectivity index is 2.22. The van der Waals surface area contributed by atoms with Crippen molar-refractivity contribution in [1.82, 2.24) is 4.90 Å². The molecule has 1 fully saturated rings. The van der Waals surface area contributed by atoms with Gasteiger partial charge in [0, 0.05) is 24.4 Å². The molecule has 2 nitrogen and oxygen atoms in total. The third-order valence-electron chi connectivity index (χ3n) is 4.23. The Bertz CT molecular complexity index is 403. The van der Waals surface area contributed by atoms with Gasteiger partial charge in [-0.05, 0) is 56.6 Å². The fourth-order valence-corrected chi connectivity index (χ4v) is 3.25. The Morgan fingerprint density at radius 2 is 1.94 bits per heavy atom. The summed E-state index contributed by atoms with van der Waals surface area (Å²) in [6, 6.07) is 2.43. The Kier molecular flexibility index (Phi) is 4.47. The van der Waals surface area contributed by atoms with Gasteiger partial charge in [0.15, 0.2) is 0 Å². The Morgan fingerprint density at radius 1 is 1.22 bits per heavy atom. The summed E-state index contributed by atoms with van der Waals surface area (Å²) in [7, 11) is 0. The van der Waals surface area contributed by atoms with Gasteiger partial charge in [0.25, 0.3) is 0 Å². The molecule has 0 radical (unpaired) electrons. The van der Waals surface area contributed by atoms with E-state index < -0.39 is 0 Å². The van der Waals surface area contributed by atoms with Gasteiger partial charge >= 0.3 is 0 Å². The minimum Gasteiger partial charge on any atom is -0.375 e. The van der Waals surface area contributed by atoms with Crippen LogP contribution in [0.15, 0.2) is 22.4 Å². The average molecular weight is 244 g/mol. The molecule has 98 valence electrons. The Hall–Kier alpha value is -1.23. The molecule has 0 saturated carbocycles. The molecule has 1 aliphatic carbocycles. The van der Waals surface area contributed by atoms with Crippen LogP contribution in [0.5, 0.6) is 0 Å². The van der Waals surface area contributed by atoms with E-state index in [1.54, 1.807) is 0 Å². The first kappa shape index (κ1) is 13.2. The number of hydrogen-bond donors (Lipinski definition) is 0. The number of rotatable bonds is 3. The SMILES string of the molecule is CCC/C(C#N)=C1\CCC(N2CCCCC2)=C1C. The summed E-state index contributed by atoms with van der Waals surface area (Å²) >= 11 is 0. The molecule has 0 aromatic rings. The molecule has 2 rings (SSSR count). The maximum atomic E-state index is 9.29. The summed E-state index contributed by atoms with van der Waals surface area (Å²) in [5.41, 5.74) is 5.30. The highest BCUT2D eigenvalue weighted by atomic mass is 15.1. The number of hydrogen-bond acceptors (Lipinski definition) is 2. The first-order chi connectivity index (χ1) is 8.77. The predicted octanol–water partition coefficient (Wildman–Crippen LogP) is 4.16. The monoisotopic (exact) mass is 244 g/mol. The first-order valence-electron chi connectivity index (χ1n) is 7.35. The molecule has 1 aliphatic heterocycles. The lowest BCUT2D eigenvalue weighted by molar-refractivity contribution is 0.278. The van der Waals surface area contributed by atoms with Crippen LogP contribution in [0.2, 0.25) is 0 Å².